The fourth-order valence-corrected chi connectivity index (χ4v) is 8.93. The third-order valence-corrected chi connectivity index (χ3v) is 13.4. The second-order valence-corrected chi connectivity index (χ2v) is 21.4. The minimum Gasteiger partial charge on any atom is -0.756 e. The summed E-state index contributed by atoms with van der Waals surface area (Å²) in [7, 11) is 1.38. The molecule has 62 heavy (non-hydrogen) atoms. The van der Waals surface area contributed by atoms with E-state index in [1.54, 1.807) is 0 Å². The van der Waals surface area contributed by atoms with Crippen LogP contribution in [0.5, 0.6) is 0 Å². The lowest BCUT2D eigenvalue weighted by atomic mass is 10.0. The predicted octanol–water partition coefficient (Wildman–Crippen LogP) is 16.2. The number of esters is 1. The third-order valence-electron chi connectivity index (χ3n) is 12.4. The highest BCUT2D eigenvalue weighted by molar-refractivity contribution is 7.45. The molecule has 0 aliphatic heterocycles. The van der Waals surface area contributed by atoms with E-state index in [1.165, 1.54) is 225 Å². The van der Waals surface area contributed by atoms with Crippen LogP contribution in [0.25, 0.3) is 0 Å². The molecule has 0 aliphatic rings. The van der Waals surface area contributed by atoms with Crippen molar-refractivity contribution in [2.75, 3.05) is 54.1 Å². The van der Waals surface area contributed by atoms with Gasteiger partial charge in [-0.2, -0.15) is 0 Å². The molecule has 0 radical (unpaired) electrons. The average Bonchev–Trinajstić information content (AvgIpc) is 3.23. The lowest BCUT2D eigenvalue weighted by molar-refractivity contribution is -0.870. The minimum atomic E-state index is -4.52. The zero-order chi connectivity index (χ0) is 45.5. The maximum atomic E-state index is 12.8. The van der Waals surface area contributed by atoms with Crippen LogP contribution in [0.3, 0.4) is 0 Å². The molecule has 8 nitrogen and oxygen atoms in total. The molecule has 0 saturated carbocycles. The van der Waals surface area contributed by atoms with Gasteiger partial charge in [-0.3, -0.25) is 9.36 Å². The van der Waals surface area contributed by atoms with Crippen molar-refractivity contribution in [1.82, 2.24) is 0 Å². The molecule has 0 spiro atoms. The topological polar surface area (TPSA) is 94.1 Å². The fourth-order valence-electron chi connectivity index (χ4n) is 8.20. The van der Waals surface area contributed by atoms with Gasteiger partial charge in [0.15, 0.2) is 0 Å². The van der Waals surface area contributed by atoms with Gasteiger partial charge in [-0.1, -0.05) is 258 Å². The van der Waals surface area contributed by atoms with Gasteiger partial charge in [0.1, 0.15) is 19.3 Å². The number of phosphoric acid groups is 1. The number of hydrogen-bond donors (Lipinski definition) is 0. The van der Waals surface area contributed by atoms with Gasteiger partial charge >= 0.3 is 5.97 Å². The van der Waals surface area contributed by atoms with E-state index in [9.17, 15) is 14.3 Å². The Morgan fingerprint density at radius 2 is 0.742 bits per heavy atom. The number of ether oxygens (including phenoxy) is 2. The van der Waals surface area contributed by atoms with Gasteiger partial charge in [0.25, 0.3) is 7.82 Å². The summed E-state index contributed by atoms with van der Waals surface area (Å²) in [5, 5.41) is 0. The summed E-state index contributed by atoms with van der Waals surface area (Å²) in [6, 6.07) is 0. The van der Waals surface area contributed by atoms with Crippen LogP contribution in [-0.2, 0) is 27.9 Å². The van der Waals surface area contributed by atoms with Crippen molar-refractivity contribution in [2.45, 2.75) is 283 Å². The Balaban J connectivity index is 4.02. The molecule has 0 N–H and O–H groups in total. The first-order chi connectivity index (χ1) is 30.1. The monoisotopic (exact) mass is 902 g/mol. The van der Waals surface area contributed by atoms with Crippen LogP contribution < -0.4 is 4.89 Å². The van der Waals surface area contributed by atoms with E-state index in [4.69, 9.17) is 18.5 Å². The Bertz CT molecular complexity index is 961. The van der Waals surface area contributed by atoms with Crippen LogP contribution in [0.4, 0.5) is 0 Å². The Morgan fingerprint density at radius 3 is 1.06 bits per heavy atom. The summed E-state index contributed by atoms with van der Waals surface area (Å²) >= 11 is 0. The van der Waals surface area contributed by atoms with Gasteiger partial charge in [0, 0.05) is 13.0 Å². The predicted molar refractivity (Wildman–Crippen MR) is 264 cm³/mol. The maximum absolute atomic E-state index is 12.8. The second-order valence-electron chi connectivity index (χ2n) is 20.0. The molecule has 0 fully saturated rings. The van der Waals surface area contributed by atoms with Crippen molar-refractivity contribution in [1.29, 1.82) is 0 Å². The summed E-state index contributed by atoms with van der Waals surface area (Å²) in [6.45, 7) is 5.50. The summed E-state index contributed by atoms with van der Waals surface area (Å²) in [5.74, 6) is -0.324. The van der Waals surface area contributed by atoms with Crippen molar-refractivity contribution in [3.63, 3.8) is 0 Å². The number of carbonyl (C=O) groups is 1. The van der Waals surface area contributed by atoms with Crippen LogP contribution in [0, 0.1) is 0 Å². The number of nitrogens with zero attached hydrogens (tertiary/aromatic N) is 1. The second kappa shape index (κ2) is 47.0. The normalized spacial score (nSPS) is 13.5. The number of likely N-dealkylation sites (N-methyl/N-ethyl adjacent to an activating group) is 1. The summed E-state index contributed by atoms with van der Waals surface area (Å²) in [5.41, 5.74) is 0. The van der Waals surface area contributed by atoms with E-state index in [2.05, 4.69) is 13.8 Å². The summed E-state index contributed by atoms with van der Waals surface area (Å²) in [4.78, 5) is 25.2. The average molecular weight is 902 g/mol. The van der Waals surface area contributed by atoms with E-state index >= 15 is 0 Å². The molecule has 0 heterocycles. The lowest BCUT2D eigenvalue weighted by Crippen LogP contribution is -2.37. The molecule has 9 heteroatoms. The highest BCUT2D eigenvalue weighted by atomic mass is 31.2. The molecule has 0 aromatic rings. The number of hydrogen-bond acceptors (Lipinski definition) is 7. The molecule has 0 aliphatic carbocycles. The summed E-state index contributed by atoms with van der Waals surface area (Å²) < 4.78 is 34.8. The highest BCUT2D eigenvalue weighted by Crippen LogP contribution is 2.38. The number of quaternary nitrogens is 1. The van der Waals surface area contributed by atoms with Crippen LogP contribution in [0.2, 0.25) is 0 Å². The lowest BCUT2D eigenvalue weighted by Gasteiger charge is -2.28. The standard InChI is InChI=1S/C53H108NO7P/c1-6-8-10-12-14-16-18-20-22-24-25-26-27-28-29-30-31-32-34-36-38-40-42-44-46-53(55)61-52(51-60-62(56,57)59-49-47-54(3,4)5)50-58-48-45-43-41-39-37-35-33-23-21-19-17-15-13-11-9-7-2/h52H,6-51H2,1-5H3/t52-/m1/s1. The molecule has 0 bridgehead atoms. The van der Waals surface area contributed by atoms with Crippen LogP contribution in [-0.4, -0.2) is 70.7 Å². The zero-order valence-electron chi connectivity index (χ0n) is 42.4. The third kappa shape index (κ3) is 50.5. The smallest absolute Gasteiger partial charge is 0.306 e. The maximum Gasteiger partial charge on any atom is 0.306 e. The van der Waals surface area contributed by atoms with Gasteiger partial charge in [0.2, 0.25) is 0 Å². The van der Waals surface area contributed by atoms with E-state index in [0.717, 1.165) is 32.1 Å². The summed E-state index contributed by atoms with van der Waals surface area (Å²) in [6.07, 6.45) is 52.8. The first kappa shape index (κ1) is 61.5. The molecular weight excluding hydrogens is 794 g/mol. The molecule has 1 unspecified atom stereocenters. The molecule has 0 saturated heterocycles. The molecule has 2 atom stereocenters. The van der Waals surface area contributed by atoms with E-state index in [0.29, 0.717) is 24.1 Å². The van der Waals surface area contributed by atoms with E-state index < -0.39 is 13.9 Å². The Morgan fingerprint density at radius 1 is 0.435 bits per heavy atom. The van der Waals surface area contributed by atoms with Gasteiger partial charge < -0.3 is 27.9 Å². The number of rotatable bonds is 52. The Kier molecular flexibility index (Phi) is 46.6. The largest absolute Gasteiger partial charge is 0.756 e. The van der Waals surface area contributed by atoms with Crippen LogP contribution in [0.1, 0.15) is 277 Å². The molecular formula is C53H108NO7P. The molecule has 0 amide bonds. The minimum absolute atomic E-state index is 0.0318. The first-order valence-electron chi connectivity index (χ1n) is 27.3. The van der Waals surface area contributed by atoms with Gasteiger partial charge in [-0.05, 0) is 12.8 Å². The van der Waals surface area contributed by atoms with Gasteiger partial charge in [-0.15, -0.1) is 0 Å². The molecule has 0 rings (SSSR count). The Hall–Kier alpha value is -0.500. The fraction of sp³-hybridized carbons (Fsp3) is 0.981. The number of phosphoric ester groups is 1. The van der Waals surface area contributed by atoms with Crippen LogP contribution >= 0.6 is 7.82 Å². The van der Waals surface area contributed by atoms with Crippen molar-refractivity contribution in [3.8, 4) is 0 Å². The van der Waals surface area contributed by atoms with Crippen molar-refractivity contribution >= 4 is 13.8 Å². The van der Waals surface area contributed by atoms with Crippen molar-refractivity contribution < 1.29 is 37.3 Å². The highest BCUT2D eigenvalue weighted by Gasteiger charge is 2.20. The molecule has 0 aromatic heterocycles. The number of carbonyl (C=O) groups excluding carboxylic acids is 1. The number of unbranched alkanes of at least 4 members (excludes halogenated alkanes) is 38. The SMILES string of the molecule is CCCCCCCCCCCCCCCCCCCCCCCCCCC(=O)O[C@H](COCCCCCCCCCCCCCCCCCC)COP(=O)([O-])OCC[N+](C)(C)C. The van der Waals surface area contributed by atoms with E-state index in [-0.39, 0.29) is 25.8 Å². The first-order valence-corrected chi connectivity index (χ1v) is 28.7. The van der Waals surface area contributed by atoms with E-state index in [1.807, 2.05) is 21.1 Å². The zero-order valence-corrected chi connectivity index (χ0v) is 43.3. The van der Waals surface area contributed by atoms with Gasteiger partial charge in [0.05, 0.1) is 34.4 Å². The van der Waals surface area contributed by atoms with Crippen molar-refractivity contribution in [2.24, 2.45) is 0 Å². The van der Waals surface area contributed by atoms with Gasteiger partial charge in [-0.25, -0.2) is 0 Å². The molecule has 372 valence electrons. The van der Waals surface area contributed by atoms with Crippen molar-refractivity contribution in [3.05, 3.63) is 0 Å². The van der Waals surface area contributed by atoms with Crippen LogP contribution in [0.15, 0.2) is 0 Å². The quantitative estimate of drug-likeness (QED) is 0.0260. The Labute approximate surface area is 387 Å². The molecule has 0 aromatic carbocycles.